The maximum Gasteiger partial charge on any atom is 0.192 e. The Kier molecular flexibility index (Phi) is 5.98. The van der Waals surface area contributed by atoms with E-state index in [0.717, 1.165) is 23.0 Å². The second-order valence-electron chi connectivity index (χ2n) is 7.98. The minimum atomic E-state index is -1.76. The molecule has 4 heteroatoms. The summed E-state index contributed by atoms with van der Waals surface area (Å²) < 4.78 is 6.23. The van der Waals surface area contributed by atoms with Gasteiger partial charge in [-0.25, -0.2) is 0 Å². The highest BCUT2D eigenvalue weighted by molar-refractivity contribution is 6.74. The molecule has 25 heavy (non-hydrogen) atoms. The summed E-state index contributed by atoms with van der Waals surface area (Å²) in [7, 11) is -1.76. The molecule has 2 aromatic rings. The molecule has 0 spiro atoms. The van der Waals surface area contributed by atoms with Crippen molar-refractivity contribution in [2.24, 2.45) is 0 Å². The molecule has 1 N–H and O–H groups in total. The molecule has 0 amide bonds. The van der Waals surface area contributed by atoms with E-state index < -0.39 is 14.4 Å². The first-order valence-electron chi connectivity index (χ1n) is 8.60. The minimum absolute atomic E-state index is 0.191. The molecule has 0 aliphatic heterocycles. The average Bonchev–Trinajstić information content (AvgIpc) is 2.59. The number of hydrogen-bond acceptors (Lipinski definition) is 3. The van der Waals surface area contributed by atoms with Gasteiger partial charge in [-0.3, -0.25) is 4.79 Å². The third kappa shape index (κ3) is 4.88. The van der Waals surface area contributed by atoms with Crippen molar-refractivity contribution >= 4 is 14.6 Å². The highest BCUT2D eigenvalue weighted by atomic mass is 28.4. The molecule has 1 unspecified atom stereocenters. The lowest BCUT2D eigenvalue weighted by Gasteiger charge is -2.36. The summed E-state index contributed by atoms with van der Waals surface area (Å²) in [6.07, 6.45) is 0.101. The van der Waals surface area contributed by atoms with E-state index in [4.69, 9.17) is 4.43 Å². The van der Waals surface area contributed by atoms with Crippen LogP contribution in [0.4, 0.5) is 0 Å². The molecule has 2 rings (SSSR count). The van der Waals surface area contributed by atoms with Gasteiger partial charge in [0.1, 0.15) is 12.4 Å². The molecule has 0 aromatic heterocycles. The fraction of sp³-hybridized carbons (Fsp3) is 0.381. The van der Waals surface area contributed by atoms with Crippen LogP contribution >= 0.6 is 0 Å². The van der Waals surface area contributed by atoms with E-state index in [1.807, 2.05) is 24.3 Å². The molecule has 0 aliphatic rings. The molecule has 0 bridgehead atoms. The normalized spacial score (nSPS) is 13.5. The molecular formula is C21H28O3Si. The first-order valence-corrected chi connectivity index (χ1v) is 11.5. The van der Waals surface area contributed by atoms with Crippen LogP contribution in [0.3, 0.4) is 0 Å². The van der Waals surface area contributed by atoms with Gasteiger partial charge in [0.25, 0.3) is 0 Å². The fourth-order valence-electron chi connectivity index (χ4n) is 2.23. The van der Waals surface area contributed by atoms with E-state index in [0.29, 0.717) is 12.2 Å². The summed E-state index contributed by atoms with van der Waals surface area (Å²) >= 11 is 0. The van der Waals surface area contributed by atoms with Crippen molar-refractivity contribution in [3.05, 3.63) is 70.8 Å². The largest absolute Gasteiger partial charge is 0.413 e. The van der Waals surface area contributed by atoms with Crippen molar-refractivity contribution in [3.8, 4) is 0 Å². The first kappa shape index (κ1) is 19.6. The standard InChI is InChI=1S/C21H28O3Si/c1-21(2,3)25(4,5)24-15-17-8-12-19(13-9-17)20(23)18-10-6-16(14-22)7-11-18/h6-14,20,23H,15H2,1-5H3. The lowest BCUT2D eigenvalue weighted by Crippen LogP contribution is -2.40. The van der Waals surface area contributed by atoms with Gasteiger partial charge in [-0.1, -0.05) is 69.3 Å². The van der Waals surface area contributed by atoms with Crippen LogP contribution in [0.1, 0.15) is 53.9 Å². The predicted molar refractivity (Wildman–Crippen MR) is 104 cm³/mol. The molecule has 3 nitrogen and oxygen atoms in total. The van der Waals surface area contributed by atoms with Crippen molar-refractivity contribution in [2.45, 2.75) is 51.6 Å². The van der Waals surface area contributed by atoms with E-state index >= 15 is 0 Å². The third-order valence-corrected chi connectivity index (χ3v) is 9.57. The first-order chi connectivity index (χ1) is 11.6. The summed E-state index contributed by atoms with van der Waals surface area (Å²) in [6.45, 7) is 11.8. The molecule has 0 heterocycles. The van der Waals surface area contributed by atoms with Gasteiger partial charge in [-0.05, 0) is 34.8 Å². The van der Waals surface area contributed by atoms with Gasteiger partial charge in [0.2, 0.25) is 0 Å². The van der Waals surface area contributed by atoms with Gasteiger partial charge in [-0.2, -0.15) is 0 Å². The molecule has 0 fully saturated rings. The van der Waals surface area contributed by atoms with Crippen molar-refractivity contribution in [3.63, 3.8) is 0 Å². The number of carbonyl (C=O) groups is 1. The number of aliphatic hydroxyl groups is 1. The highest BCUT2D eigenvalue weighted by Crippen LogP contribution is 2.37. The summed E-state index contributed by atoms with van der Waals surface area (Å²) in [6, 6.07) is 14.9. The van der Waals surface area contributed by atoms with Crippen LogP contribution in [0.2, 0.25) is 18.1 Å². The SMILES string of the molecule is CC(C)(C)[Si](C)(C)OCc1ccc(C(O)c2ccc(C=O)cc2)cc1. The number of benzene rings is 2. The predicted octanol–water partition coefficient (Wildman–Crippen LogP) is 5.10. The van der Waals surface area contributed by atoms with Crippen molar-refractivity contribution in [1.82, 2.24) is 0 Å². The summed E-state index contributed by atoms with van der Waals surface area (Å²) in [5.41, 5.74) is 3.32. The van der Waals surface area contributed by atoms with E-state index in [-0.39, 0.29) is 5.04 Å². The smallest absolute Gasteiger partial charge is 0.192 e. The number of rotatable bonds is 6. The summed E-state index contributed by atoms with van der Waals surface area (Å²) in [5.74, 6) is 0. The van der Waals surface area contributed by atoms with Crippen LogP contribution < -0.4 is 0 Å². The van der Waals surface area contributed by atoms with E-state index in [2.05, 4.69) is 33.9 Å². The molecular weight excluding hydrogens is 328 g/mol. The third-order valence-electron chi connectivity index (χ3n) is 5.09. The number of hydrogen-bond donors (Lipinski definition) is 1. The zero-order valence-corrected chi connectivity index (χ0v) is 16.7. The summed E-state index contributed by atoms with van der Waals surface area (Å²) in [4.78, 5) is 10.7. The fourth-order valence-corrected chi connectivity index (χ4v) is 3.19. The topological polar surface area (TPSA) is 46.5 Å². The van der Waals surface area contributed by atoms with Crippen LogP contribution in [0, 0.1) is 0 Å². The zero-order valence-electron chi connectivity index (χ0n) is 15.7. The van der Waals surface area contributed by atoms with Gasteiger partial charge in [0.15, 0.2) is 8.32 Å². The van der Waals surface area contributed by atoms with Crippen LogP contribution in [-0.2, 0) is 11.0 Å². The van der Waals surface area contributed by atoms with Crippen LogP contribution in [-0.4, -0.2) is 19.7 Å². The lowest BCUT2D eigenvalue weighted by atomic mass is 9.99. The molecule has 134 valence electrons. The summed E-state index contributed by atoms with van der Waals surface area (Å²) in [5, 5.41) is 10.7. The minimum Gasteiger partial charge on any atom is -0.413 e. The van der Waals surface area contributed by atoms with Crippen molar-refractivity contribution < 1.29 is 14.3 Å². The monoisotopic (exact) mass is 356 g/mol. The van der Waals surface area contributed by atoms with Crippen LogP contribution in [0.15, 0.2) is 48.5 Å². The molecule has 2 aromatic carbocycles. The Morgan fingerprint density at radius 1 is 1.00 bits per heavy atom. The number of carbonyl (C=O) groups excluding carboxylic acids is 1. The number of aliphatic hydroxyl groups excluding tert-OH is 1. The van der Waals surface area contributed by atoms with Gasteiger partial charge < -0.3 is 9.53 Å². The highest BCUT2D eigenvalue weighted by Gasteiger charge is 2.36. The van der Waals surface area contributed by atoms with Crippen LogP contribution in [0.25, 0.3) is 0 Å². The molecule has 0 radical (unpaired) electrons. The zero-order chi connectivity index (χ0) is 18.7. The Bertz CT molecular complexity index is 697. The molecule has 0 aliphatic carbocycles. The Morgan fingerprint density at radius 2 is 1.48 bits per heavy atom. The van der Waals surface area contributed by atoms with Gasteiger partial charge in [0, 0.05) is 5.56 Å². The van der Waals surface area contributed by atoms with Crippen molar-refractivity contribution in [2.75, 3.05) is 0 Å². The van der Waals surface area contributed by atoms with E-state index in [1.165, 1.54) is 0 Å². The van der Waals surface area contributed by atoms with E-state index in [9.17, 15) is 9.90 Å². The molecule has 0 saturated heterocycles. The van der Waals surface area contributed by atoms with Crippen molar-refractivity contribution in [1.29, 1.82) is 0 Å². The number of aldehydes is 1. The average molecular weight is 357 g/mol. The Hall–Kier alpha value is -1.75. The van der Waals surface area contributed by atoms with Gasteiger partial charge >= 0.3 is 0 Å². The quantitative estimate of drug-likeness (QED) is 0.578. The Balaban J connectivity index is 2.05. The molecule has 0 saturated carbocycles. The van der Waals surface area contributed by atoms with Gasteiger partial charge in [-0.15, -0.1) is 0 Å². The van der Waals surface area contributed by atoms with E-state index in [1.54, 1.807) is 24.3 Å². The Morgan fingerprint density at radius 3 is 1.92 bits per heavy atom. The lowest BCUT2D eigenvalue weighted by molar-refractivity contribution is 0.112. The second kappa shape index (κ2) is 7.64. The van der Waals surface area contributed by atoms with Gasteiger partial charge in [0.05, 0.1) is 6.61 Å². The maximum absolute atomic E-state index is 10.7. The van der Waals surface area contributed by atoms with Crippen LogP contribution in [0.5, 0.6) is 0 Å². The Labute approximate surface area is 151 Å². The maximum atomic E-state index is 10.7. The second-order valence-corrected chi connectivity index (χ2v) is 12.8. The molecule has 1 atom stereocenters.